The molecule has 0 unspecified atom stereocenters. The van der Waals surface area contributed by atoms with Crippen molar-refractivity contribution < 1.29 is 19.0 Å². The number of carboxylic acids is 1. The van der Waals surface area contributed by atoms with E-state index in [1.807, 2.05) is 6.92 Å². The van der Waals surface area contributed by atoms with Crippen molar-refractivity contribution in [3.63, 3.8) is 0 Å². The Labute approximate surface area is 114 Å². The number of carbonyl (C=O) groups is 1. The van der Waals surface area contributed by atoms with E-state index in [-0.39, 0.29) is 11.4 Å². The maximum Gasteiger partial charge on any atom is 0.358 e. The van der Waals surface area contributed by atoms with Crippen molar-refractivity contribution in [2.24, 2.45) is 0 Å². The summed E-state index contributed by atoms with van der Waals surface area (Å²) in [5.74, 6) is -1.25. The van der Waals surface area contributed by atoms with E-state index in [1.165, 1.54) is 30.0 Å². The summed E-state index contributed by atoms with van der Waals surface area (Å²) >= 11 is 0. The molecule has 0 spiro atoms. The number of hydrogen-bond acceptors (Lipinski definition) is 4. The molecule has 1 N–H and O–H groups in total. The van der Waals surface area contributed by atoms with Gasteiger partial charge in [0.25, 0.3) is 0 Å². The molecule has 0 aliphatic carbocycles. The molecule has 0 radical (unpaired) electrons. The van der Waals surface area contributed by atoms with Crippen LogP contribution in [0.5, 0.6) is 5.75 Å². The van der Waals surface area contributed by atoms with Crippen molar-refractivity contribution in [1.29, 1.82) is 0 Å². The third kappa shape index (κ3) is 2.47. The molecular weight excluding hydrogens is 265 g/mol. The summed E-state index contributed by atoms with van der Waals surface area (Å²) in [6.45, 7) is 1.89. The summed E-state index contributed by atoms with van der Waals surface area (Å²) in [6.07, 6.45) is 1.13. The zero-order chi connectivity index (χ0) is 14.7. The molecule has 0 fully saturated rings. The number of hydrogen-bond donors (Lipinski definition) is 1. The number of benzene rings is 1. The van der Waals surface area contributed by atoms with Gasteiger partial charge in [0, 0.05) is 6.07 Å². The predicted molar refractivity (Wildman–Crippen MR) is 68.8 cm³/mol. The molecule has 0 atom stereocenters. The Hall–Kier alpha value is -2.44. The first kappa shape index (κ1) is 14.0. The van der Waals surface area contributed by atoms with Crippen LogP contribution < -0.4 is 4.74 Å². The zero-order valence-corrected chi connectivity index (χ0v) is 11.1. The lowest BCUT2D eigenvalue weighted by Crippen LogP contribution is -2.08. The van der Waals surface area contributed by atoms with Gasteiger partial charge in [0.05, 0.1) is 12.8 Å². The van der Waals surface area contributed by atoms with Gasteiger partial charge in [-0.15, -0.1) is 5.10 Å². The second-order valence-electron chi connectivity index (χ2n) is 4.17. The Morgan fingerprint density at radius 1 is 1.50 bits per heavy atom. The van der Waals surface area contributed by atoms with Gasteiger partial charge >= 0.3 is 5.97 Å². The van der Waals surface area contributed by atoms with Crippen LogP contribution in [-0.2, 0) is 6.42 Å². The van der Waals surface area contributed by atoms with E-state index in [9.17, 15) is 9.18 Å². The summed E-state index contributed by atoms with van der Waals surface area (Å²) in [7, 11) is 1.47. The van der Waals surface area contributed by atoms with Crippen LogP contribution in [0.1, 0.15) is 29.5 Å². The fraction of sp³-hybridized carbons (Fsp3) is 0.308. The standard InChI is InChI=1S/C13H14FN3O3/c1-3-4-10-12(13(18)19)15-16-17(10)11-7-8(20-2)5-6-9(11)14/h5-7H,3-4H2,1-2H3,(H,18,19). The quantitative estimate of drug-likeness (QED) is 0.906. The SMILES string of the molecule is CCCc1c(C(=O)O)nnn1-c1cc(OC)ccc1F. The van der Waals surface area contributed by atoms with Crippen LogP contribution in [-0.4, -0.2) is 33.2 Å². The lowest BCUT2D eigenvalue weighted by molar-refractivity contribution is 0.0689. The van der Waals surface area contributed by atoms with Gasteiger partial charge < -0.3 is 9.84 Å². The van der Waals surface area contributed by atoms with Crippen LogP contribution in [0.4, 0.5) is 4.39 Å². The van der Waals surface area contributed by atoms with Crippen molar-refractivity contribution in [2.45, 2.75) is 19.8 Å². The maximum absolute atomic E-state index is 13.9. The molecule has 7 heteroatoms. The molecule has 0 aliphatic rings. The van der Waals surface area contributed by atoms with Crippen LogP contribution in [0.25, 0.3) is 5.69 Å². The van der Waals surface area contributed by atoms with Gasteiger partial charge in [-0.25, -0.2) is 13.9 Å². The molecule has 2 aromatic rings. The Balaban J connectivity index is 2.60. The van der Waals surface area contributed by atoms with Crippen molar-refractivity contribution >= 4 is 5.97 Å². The largest absolute Gasteiger partial charge is 0.497 e. The average molecular weight is 279 g/mol. The van der Waals surface area contributed by atoms with E-state index in [4.69, 9.17) is 9.84 Å². The van der Waals surface area contributed by atoms with E-state index in [2.05, 4.69) is 10.3 Å². The molecule has 1 heterocycles. The van der Waals surface area contributed by atoms with Crippen LogP contribution in [0.2, 0.25) is 0 Å². The number of aromatic carboxylic acids is 1. The smallest absolute Gasteiger partial charge is 0.358 e. The third-order valence-electron chi connectivity index (χ3n) is 2.83. The lowest BCUT2D eigenvalue weighted by Gasteiger charge is -2.09. The number of ether oxygens (including phenoxy) is 1. The number of rotatable bonds is 5. The predicted octanol–water partition coefficient (Wildman–Crippen LogP) is 2.07. The van der Waals surface area contributed by atoms with Gasteiger partial charge in [-0.2, -0.15) is 0 Å². The monoisotopic (exact) mass is 279 g/mol. The van der Waals surface area contributed by atoms with Gasteiger partial charge in [-0.05, 0) is 18.6 Å². The molecule has 1 aromatic heterocycles. The highest BCUT2D eigenvalue weighted by atomic mass is 19.1. The fourth-order valence-electron chi connectivity index (χ4n) is 1.90. The van der Waals surface area contributed by atoms with Gasteiger partial charge in [0.2, 0.25) is 0 Å². The number of aromatic nitrogens is 3. The Kier molecular flexibility index (Phi) is 3.97. The average Bonchev–Trinajstić information content (AvgIpc) is 2.83. The molecule has 0 aliphatic heterocycles. The first-order valence-electron chi connectivity index (χ1n) is 6.10. The van der Waals surface area contributed by atoms with E-state index >= 15 is 0 Å². The van der Waals surface area contributed by atoms with Crippen LogP contribution in [0.3, 0.4) is 0 Å². The highest BCUT2D eigenvalue weighted by Crippen LogP contribution is 2.22. The van der Waals surface area contributed by atoms with Gasteiger partial charge in [0.15, 0.2) is 5.69 Å². The maximum atomic E-state index is 13.9. The molecule has 0 bridgehead atoms. The fourth-order valence-corrected chi connectivity index (χ4v) is 1.90. The second-order valence-corrected chi connectivity index (χ2v) is 4.17. The zero-order valence-electron chi connectivity index (χ0n) is 11.1. The van der Waals surface area contributed by atoms with E-state index in [1.54, 1.807) is 0 Å². The van der Waals surface area contributed by atoms with E-state index in [0.29, 0.717) is 24.3 Å². The normalized spacial score (nSPS) is 10.6. The highest BCUT2D eigenvalue weighted by molar-refractivity contribution is 5.86. The summed E-state index contributed by atoms with van der Waals surface area (Å²) in [5.41, 5.74) is 0.328. The summed E-state index contributed by atoms with van der Waals surface area (Å²) in [5, 5.41) is 16.5. The summed E-state index contributed by atoms with van der Waals surface area (Å²) in [4.78, 5) is 11.1. The second kappa shape index (κ2) is 5.68. The van der Waals surface area contributed by atoms with Crippen molar-refractivity contribution in [1.82, 2.24) is 15.0 Å². The van der Waals surface area contributed by atoms with Gasteiger partial charge in [0.1, 0.15) is 17.3 Å². The molecule has 2 rings (SSSR count). The molecule has 0 amide bonds. The number of carboxylic acid groups (broad SMARTS) is 1. The summed E-state index contributed by atoms with van der Waals surface area (Å²) in [6, 6.07) is 4.17. The minimum absolute atomic E-state index is 0.118. The van der Waals surface area contributed by atoms with Gasteiger partial charge in [-0.1, -0.05) is 18.6 Å². The van der Waals surface area contributed by atoms with E-state index in [0.717, 1.165) is 0 Å². The summed E-state index contributed by atoms with van der Waals surface area (Å²) < 4.78 is 20.2. The van der Waals surface area contributed by atoms with E-state index < -0.39 is 11.8 Å². The Bertz CT molecular complexity index is 640. The number of nitrogens with zero attached hydrogens (tertiary/aromatic N) is 3. The molecule has 0 saturated heterocycles. The molecule has 106 valence electrons. The van der Waals surface area contributed by atoms with Crippen LogP contribution in [0.15, 0.2) is 18.2 Å². The third-order valence-corrected chi connectivity index (χ3v) is 2.83. The van der Waals surface area contributed by atoms with Crippen LogP contribution >= 0.6 is 0 Å². The van der Waals surface area contributed by atoms with Crippen molar-refractivity contribution in [3.05, 3.63) is 35.4 Å². The topological polar surface area (TPSA) is 77.2 Å². The molecule has 1 aromatic carbocycles. The number of methoxy groups -OCH3 is 1. The van der Waals surface area contributed by atoms with Crippen molar-refractivity contribution in [2.75, 3.05) is 7.11 Å². The molecule has 0 saturated carbocycles. The molecule has 20 heavy (non-hydrogen) atoms. The highest BCUT2D eigenvalue weighted by Gasteiger charge is 2.21. The molecular formula is C13H14FN3O3. The van der Waals surface area contributed by atoms with Gasteiger partial charge in [-0.3, -0.25) is 0 Å². The molecule has 6 nitrogen and oxygen atoms in total. The minimum Gasteiger partial charge on any atom is -0.497 e. The minimum atomic E-state index is -1.18. The Morgan fingerprint density at radius 3 is 2.85 bits per heavy atom. The first-order chi connectivity index (χ1) is 9.58. The lowest BCUT2D eigenvalue weighted by atomic mass is 10.2. The first-order valence-corrected chi connectivity index (χ1v) is 6.10. The van der Waals surface area contributed by atoms with Crippen LogP contribution in [0, 0.1) is 5.82 Å². The van der Waals surface area contributed by atoms with Crippen molar-refractivity contribution in [3.8, 4) is 11.4 Å². The Morgan fingerprint density at radius 2 is 2.25 bits per heavy atom. The number of halogens is 1.